The van der Waals surface area contributed by atoms with Gasteiger partial charge in [0.1, 0.15) is 17.3 Å². The highest BCUT2D eigenvalue weighted by molar-refractivity contribution is 14.1. The van der Waals surface area contributed by atoms with Crippen molar-refractivity contribution in [2.45, 2.75) is 40.2 Å². The second-order valence-corrected chi connectivity index (χ2v) is 11.3. The van der Waals surface area contributed by atoms with E-state index in [1.165, 1.54) is 19.2 Å². The number of fused-ring (bicyclic) bond motifs is 2. The van der Waals surface area contributed by atoms with Crippen LogP contribution in [0, 0.1) is 23.2 Å². The maximum Gasteiger partial charge on any atom is 0.355 e. The molecule has 0 aliphatic heterocycles. The molecule has 0 bridgehead atoms. The second kappa shape index (κ2) is 11.4. The van der Waals surface area contributed by atoms with Gasteiger partial charge in [-0.25, -0.2) is 9.18 Å². The standard InChI is InChI=1S/C31H30ClFIN3O3/c1-6-23-26(18(3)36(4)35-23)27-22(32)10-11-24-28(27)29(34)30(31(38)39-5)37(24)12-7-13-40-25-15-17(2)14-19-16-20(33)8-9-21(19)25/h8-11,14-16H,6-7,12-13H2,1-5H3. The SMILES string of the molecule is CCc1nn(C)c(C)c1-c1c(Cl)ccc2c1c(I)c(C(=O)OC)n2CCCOc1cc(C)cc2cc(F)ccc12. The number of halogens is 3. The van der Waals surface area contributed by atoms with Crippen LogP contribution in [-0.4, -0.2) is 34.0 Å². The molecule has 0 spiro atoms. The van der Waals surface area contributed by atoms with Crippen LogP contribution in [0.5, 0.6) is 5.75 Å². The summed E-state index contributed by atoms with van der Waals surface area (Å²) < 4.78 is 29.8. The first-order chi connectivity index (χ1) is 19.2. The Bertz CT molecular complexity index is 1770. The topological polar surface area (TPSA) is 58.3 Å². The van der Waals surface area contributed by atoms with Crippen LogP contribution in [0.15, 0.2) is 42.5 Å². The number of ether oxygens (including phenoxy) is 2. The van der Waals surface area contributed by atoms with Crippen molar-refractivity contribution in [3.63, 3.8) is 0 Å². The molecule has 208 valence electrons. The monoisotopic (exact) mass is 673 g/mol. The van der Waals surface area contributed by atoms with Crippen molar-refractivity contribution < 1.29 is 18.7 Å². The molecule has 0 radical (unpaired) electrons. The number of hydrogen-bond donors (Lipinski definition) is 0. The highest BCUT2D eigenvalue weighted by atomic mass is 127. The summed E-state index contributed by atoms with van der Waals surface area (Å²) in [4.78, 5) is 13.1. The van der Waals surface area contributed by atoms with Gasteiger partial charge in [0.25, 0.3) is 0 Å². The maximum absolute atomic E-state index is 13.8. The average molecular weight is 674 g/mol. The Hall–Kier alpha value is -3.11. The van der Waals surface area contributed by atoms with E-state index in [9.17, 15) is 9.18 Å². The molecule has 2 aromatic heterocycles. The van der Waals surface area contributed by atoms with E-state index in [1.807, 2.05) is 54.4 Å². The number of carbonyl (C=O) groups is 1. The van der Waals surface area contributed by atoms with Gasteiger partial charge in [0.15, 0.2) is 0 Å². The van der Waals surface area contributed by atoms with Crippen molar-refractivity contribution in [3.8, 4) is 16.9 Å². The first kappa shape index (κ1) is 28.4. The number of rotatable bonds is 8. The lowest BCUT2D eigenvalue weighted by molar-refractivity contribution is 0.0587. The molecule has 2 heterocycles. The lowest BCUT2D eigenvalue weighted by atomic mass is 9.98. The molecule has 0 aliphatic carbocycles. The van der Waals surface area contributed by atoms with Gasteiger partial charge in [-0.05, 0) is 96.6 Å². The summed E-state index contributed by atoms with van der Waals surface area (Å²) in [5, 5.41) is 7.88. The quantitative estimate of drug-likeness (QED) is 0.0951. The van der Waals surface area contributed by atoms with Gasteiger partial charge in [-0.3, -0.25) is 4.68 Å². The van der Waals surface area contributed by atoms with Gasteiger partial charge in [-0.15, -0.1) is 0 Å². The fourth-order valence-electron chi connectivity index (χ4n) is 5.37. The second-order valence-electron chi connectivity index (χ2n) is 9.84. The van der Waals surface area contributed by atoms with Crippen molar-refractivity contribution in [3.05, 3.63) is 79.5 Å². The van der Waals surface area contributed by atoms with Crippen LogP contribution < -0.4 is 4.74 Å². The largest absolute Gasteiger partial charge is 0.493 e. The molecule has 0 aliphatic rings. The number of nitrogens with zero attached hydrogens (tertiary/aromatic N) is 3. The van der Waals surface area contributed by atoms with Crippen LogP contribution in [0.4, 0.5) is 4.39 Å². The van der Waals surface area contributed by atoms with Gasteiger partial charge >= 0.3 is 5.97 Å². The molecule has 40 heavy (non-hydrogen) atoms. The van der Waals surface area contributed by atoms with Gasteiger partial charge in [-0.1, -0.05) is 24.6 Å². The summed E-state index contributed by atoms with van der Waals surface area (Å²) in [6, 6.07) is 12.4. The zero-order valence-electron chi connectivity index (χ0n) is 23.1. The zero-order valence-corrected chi connectivity index (χ0v) is 26.0. The Labute approximate surface area is 251 Å². The number of aromatic nitrogens is 3. The number of esters is 1. The number of benzene rings is 3. The summed E-state index contributed by atoms with van der Waals surface area (Å²) in [6.07, 6.45) is 1.38. The lowest BCUT2D eigenvalue weighted by Crippen LogP contribution is -2.13. The normalized spacial score (nSPS) is 11.5. The number of aryl methyl sites for hydroxylation is 4. The molecular formula is C31H30ClFIN3O3. The fraction of sp³-hybridized carbons (Fsp3) is 0.290. The molecule has 9 heteroatoms. The van der Waals surface area contributed by atoms with Crippen LogP contribution in [-0.2, 0) is 24.8 Å². The van der Waals surface area contributed by atoms with Gasteiger partial charge < -0.3 is 14.0 Å². The van der Waals surface area contributed by atoms with E-state index in [0.717, 1.165) is 59.7 Å². The molecule has 6 nitrogen and oxygen atoms in total. The van der Waals surface area contributed by atoms with Crippen molar-refractivity contribution in [1.82, 2.24) is 14.3 Å². The van der Waals surface area contributed by atoms with E-state index in [0.29, 0.717) is 36.0 Å². The summed E-state index contributed by atoms with van der Waals surface area (Å²) in [5.41, 5.74) is 6.21. The van der Waals surface area contributed by atoms with Crippen molar-refractivity contribution in [2.75, 3.05) is 13.7 Å². The maximum atomic E-state index is 13.8. The highest BCUT2D eigenvalue weighted by Crippen LogP contribution is 2.43. The predicted octanol–water partition coefficient (Wildman–Crippen LogP) is 8.03. The van der Waals surface area contributed by atoms with Crippen LogP contribution in [0.25, 0.3) is 32.8 Å². The first-order valence-corrected chi connectivity index (χ1v) is 14.6. The summed E-state index contributed by atoms with van der Waals surface area (Å²) in [6.45, 7) is 7.00. The first-order valence-electron chi connectivity index (χ1n) is 13.1. The van der Waals surface area contributed by atoms with E-state index in [2.05, 4.69) is 29.5 Å². The number of carbonyl (C=O) groups excluding carboxylic acids is 1. The fourth-order valence-corrected chi connectivity index (χ4v) is 6.68. The van der Waals surface area contributed by atoms with Crippen LogP contribution in [0.2, 0.25) is 5.02 Å². The minimum absolute atomic E-state index is 0.277. The molecular weight excluding hydrogens is 644 g/mol. The highest BCUT2D eigenvalue weighted by Gasteiger charge is 2.27. The van der Waals surface area contributed by atoms with E-state index >= 15 is 0 Å². The molecule has 5 rings (SSSR count). The zero-order chi connectivity index (χ0) is 28.7. The molecule has 5 aromatic rings. The molecule has 0 fully saturated rings. The van der Waals surface area contributed by atoms with Crippen LogP contribution in [0.3, 0.4) is 0 Å². The molecule has 0 amide bonds. The predicted molar refractivity (Wildman–Crippen MR) is 166 cm³/mol. The minimum atomic E-state index is -0.408. The van der Waals surface area contributed by atoms with Crippen molar-refractivity contribution in [2.24, 2.45) is 7.05 Å². The molecule has 0 atom stereocenters. The van der Waals surface area contributed by atoms with Gasteiger partial charge in [-0.2, -0.15) is 5.10 Å². The third-order valence-corrected chi connectivity index (χ3v) is 8.66. The number of methoxy groups -OCH3 is 1. The van der Waals surface area contributed by atoms with Crippen molar-refractivity contribution >= 4 is 61.8 Å². The Balaban J connectivity index is 1.53. The van der Waals surface area contributed by atoms with E-state index in [1.54, 1.807) is 6.07 Å². The Kier molecular flexibility index (Phi) is 8.10. The molecule has 0 N–H and O–H groups in total. The van der Waals surface area contributed by atoms with E-state index in [4.69, 9.17) is 26.2 Å². The van der Waals surface area contributed by atoms with Gasteiger partial charge in [0.05, 0.1) is 28.5 Å². The Morgan fingerprint density at radius 3 is 2.62 bits per heavy atom. The Morgan fingerprint density at radius 1 is 1.12 bits per heavy atom. The Morgan fingerprint density at radius 2 is 1.90 bits per heavy atom. The van der Waals surface area contributed by atoms with Gasteiger partial charge in [0, 0.05) is 46.2 Å². The molecule has 0 saturated carbocycles. The summed E-state index contributed by atoms with van der Waals surface area (Å²) >= 11 is 9.08. The third kappa shape index (κ3) is 4.96. The summed E-state index contributed by atoms with van der Waals surface area (Å²) in [5.74, 6) is 0.0257. The van der Waals surface area contributed by atoms with Crippen LogP contribution >= 0.6 is 34.2 Å². The minimum Gasteiger partial charge on any atom is -0.493 e. The lowest BCUT2D eigenvalue weighted by Gasteiger charge is -2.13. The average Bonchev–Trinajstić information content (AvgIpc) is 3.37. The van der Waals surface area contributed by atoms with Crippen LogP contribution in [0.1, 0.15) is 40.8 Å². The summed E-state index contributed by atoms with van der Waals surface area (Å²) in [7, 11) is 3.32. The smallest absolute Gasteiger partial charge is 0.355 e. The van der Waals surface area contributed by atoms with E-state index < -0.39 is 5.97 Å². The van der Waals surface area contributed by atoms with E-state index in [-0.39, 0.29) is 5.82 Å². The molecule has 0 saturated heterocycles. The van der Waals surface area contributed by atoms with Crippen molar-refractivity contribution in [1.29, 1.82) is 0 Å². The third-order valence-electron chi connectivity index (χ3n) is 7.30. The molecule has 0 unspecified atom stereocenters. The van der Waals surface area contributed by atoms with Gasteiger partial charge in [0.2, 0.25) is 0 Å². The molecule has 3 aromatic carbocycles. The number of hydrogen-bond acceptors (Lipinski definition) is 4.